The van der Waals surface area contributed by atoms with E-state index >= 15 is 0 Å². The van der Waals surface area contributed by atoms with Gasteiger partial charge in [-0.25, -0.2) is 4.98 Å². The van der Waals surface area contributed by atoms with Gasteiger partial charge in [-0.05, 0) is 36.6 Å². The first-order valence-corrected chi connectivity index (χ1v) is 9.85. The molecule has 0 radical (unpaired) electrons. The number of imidazole rings is 1. The minimum atomic E-state index is -0.451. The molecule has 146 valence electrons. The Morgan fingerprint density at radius 3 is 2.93 bits per heavy atom. The highest BCUT2D eigenvalue weighted by Gasteiger charge is 2.50. The fraction of sp³-hybridized carbons (Fsp3) is 0.476. The fourth-order valence-corrected chi connectivity index (χ4v) is 4.62. The molecule has 1 amide bonds. The van der Waals surface area contributed by atoms with Gasteiger partial charge in [0.2, 0.25) is 0 Å². The summed E-state index contributed by atoms with van der Waals surface area (Å²) in [5, 5.41) is 0. The number of esters is 1. The highest BCUT2D eigenvalue weighted by molar-refractivity contribution is 5.95. The second-order valence-corrected chi connectivity index (χ2v) is 7.98. The minimum absolute atomic E-state index is 0.0332. The Bertz CT molecular complexity index is 900. The lowest BCUT2D eigenvalue weighted by Gasteiger charge is -2.36. The highest BCUT2D eigenvalue weighted by atomic mass is 16.6. The summed E-state index contributed by atoms with van der Waals surface area (Å²) in [5.74, 6) is 0.803. The summed E-state index contributed by atoms with van der Waals surface area (Å²) in [6.45, 7) is 2.48. The van der Waals surface area contributed by atoms with Crippen LogP contribution in [0.1, 0.15) is 35.2 Å². The minimum Gasteiger partial charge on any atom is -0.493 e. The molecule has 3 aliphatic heterocycles. The first kappa shape index (κ1) is 17.3. The molecule has 0 N–H and O–H groups in total. The molecular weight excluding hydrogens is 358 g/mol. The first-order chi connectivity index (χ1) is 13.6. The first-order valence-electron chi connectivity index (χ1n) is 9.85. The third-order valence-electron chi connectivity index (χ3n) is 6.24. The second-order valence-electron chi connectivity index (χ2n) is 7.98. The van der Waals surface area contributed by atoms with E-state index < -0.39 is 5.41 Å². The zero-order valence-corrected chi connectivity index (χ0v) is 15.7. The summed E-state index contributed by atoms with van der Waals surface area (Å²) in [7, 11) is 0. The lowest BCUT2D eigenvalue weighted by atomic mass is 9.76. The molecular formula is C21H23N3O4. The van der Waals surface area contributed by atoms with E-state index in [4.69, 9.17) is 9.47 Å². The molecule has 7 nitrogen and oxygen atoms in total. The highest BCUT2D eigenvalue weighted by Crippen LogP contribution is 2.43. The van der Waals surface area contributed by atoms with E-state index in [1.807, 2.05) is 33.9 Å². The van der Waals surface area contributed by atoms with Crippen molar-refractivity contribution >= 4 is 11.9 Å². The van der Waals surface area contributed by atoms with Crippen molar-refractivity contribution < 1.29 is 19.1 Å². The maximum Gasteiger partial charge on any atom is 0.312 e. The van der Waals surface area contributed by atoms with E-state index in [-0.39, 0.29) is 18.0 Å². The predicted octanol–water partition coefficient (Wildman–Crippen LogP) is 2.06. The summed E-state index contributed by atoms with van der Waals surface area (Å²) in [4.78, 5) is 31.4. The average molecular weight is 381 g/mol. The molecule has 0 bridgehead atoms. The van der Waals surface area contributed by atoms with Gasteiger partial charge in [0.25, 0.3) is 5.91 Å². The molecule has 1 spiro atoms. The number of hydrogen-bond donors (Lipinski definition) is 0. The van der Waals surface area contributed by atoms with Crippen LogP contribution in [0.5, 0.6) is 5.75 Å². The van der Waals surface area contributed by atoms with Crippen molar-refractivity contribution in [1.82, 2.24) is 14.5 Å². The van der Waals surface area contributed by atoms with Crippen molar-refractivity contribution in [2.24, 2.45) is 5.41 Å². The summed E-state index contributed by atoms with van der Waals surface area (Å²) in [6, 6.07) is 5.66. The summed E-state index contributed by atoms with van der Waals surface area (Å²) >= 11 is 0. The van der Waals surface area contributed by atoms with Crippen LogP contribution < -0.4 is 4.74 Å². The van der Waals surface area contributed by atoms with Crippen LogP contribution in [-0.2, 0) is 22.5 Å². The molecule has 7 heteroatoms. The Hall–Kier alpha value is -2.83. The Labute approximate surface area is 163 Å². The number of hydrogen-bond acceptors (Lipinski definition) is 5. The number of rotatable bonds is 3. The maximum atomic E-state index is 12.9. The van der Waals surface area contributed by atoms with Crippen LogP contribution in [0.2, 0.25) is 0 Å². The number of amides is 1. The number of nitrogens with zero attached hydrogens (tertiary/aromatic N) is 3. The van der Waals surface area contributed by atoms with Gasteiger partial charge < -0.3 is 18.9 Å². The van der Waals surface area contributed by atoms with Gasteiger partial charge >= 0.3 is 5.97 Å². The lowest BCUT2D eigenvalue weighted by molar-refractivity contribution is -0.150. The molecule has 1 aromatic heterocycles. The van der Waals surface area contributed by atoms with Crippen molar-refractivity contribution in [3.05, 3.63) is 48.0 Å². The molecule has 2 aromatic rings. The number of piperidine rings is 1. The number of cyclic esters (lactones) is 1. The summed E-state index contributed by atoms with van der Waals surface area (Å²) in [5.41, 5.74) is 1.35. The van der Waals surface area contributed by atoms with Crippen LogP contribution in [0, 0.1) is 5.41 Å². The smallest absolute Gasteiger partial charge is 0.312 e. The molecule has 28 heavy (non-hydrogen) atoms. The molecule has 5 rings (SSSR count). The van der Waals surface area contributed by atoms with Crippen molar-refractivity contribution in [1.29, 1.82) is 0 Å². The van der Waals surface area contributed by atoms with E-state index in [1.54, 1.807) is 12.5 Å². The molecule has 0 aliphatic carbocycles. The third-order valence-corrected chi connectivity index (χ3v) is 6.24. The molecule has 1 unspecified atom stereocenters. The molecule has 1 aromatic carbocycles. The zero-order chi connectivity index (χ0) is 19.1. The monoisotopic (exact) mass is 381 g/mol. The van der Waals surface area contributed by atoms with Gasteiger partial charge in [0.1, 0.15) is 11.9 Å². The number of ether oxygens (including phenoxy) is 2. The number of carbonyl (C=O) groups excluding carboxylic acids is 2. The average Bonchev–Trinajstić information content (AvgIpc) is 3.43. The Morgan fingerprint density at radius 1 is 1.29 bits per heavy atom. The van der Waals surface area contributed by atoms with Crippen LogP contribution in [0.15, 0.2) is 36.9 Å². The third kappa shape index (κ3) is 2.95. The molecule has 3 aliphatic rings. The number of benzene rings is 1. The predicted molar refractivity (Wildman–Crippen MR) is 99.9 cm³/mol. The van der Waals surface area contributed by atoms with Crippen molar-refractivity contribution in [2.75, 3.05) is 19.7 Å². The van der Waals surface area contributed by atoms with Gasteiger partial charge in [-0.2, -0.15) is 0 Å². The van der Waals surface area contributed by atoms with E-state index in [0.717, 1.165) is 17.7 Å². The van der Waals surface area contributed by atoms with E-state index in [2.05, 4.69) is 4.98 Å². The SMILES string of the molecule is O=C(c1ccc2c(c1)CCO2)N1CCC2(CC1)CC(Cn1ccnc1)OC2=O. The lowest BCUT2D eigenvalue weighted by Crippen LogP contribution is -2.45. The second kappa shape index (κ2) is 6.65. The number of likely N-dealkylation sites (tertiary alicyclic amines) is 1. The van der Waals surface area contributed by atoms with Crippen molar-refractivity contribution in [3.63, 3.8) is 0 Å². The van der Waals surface area contributed by atoms with Gasteiger partial charge in [-0.15, -0.1) is 0 Å². The van der Waals surface area contributed by atoms with Crippen LogP contribution >= 0.6 is 0 Å². The van der Waals surface area contributed by atoms with E-state index in [0.29, 0.717) is 51.1 Å². The van der Waals surface area contributed by atoms with E-state index in [9.17, 15) is 9.59 Å². The Balaban J connectivity index is 1.23. The summed E-state index contributed by atoms with van der Waals surface area (Å²) in [6.07, 6.45) is 8.09. The van der Waals surface area contributed by atoms with Crippen LogP contribution in [0.25, 0.3) is 0 Å². The molecule has 4 heterocycles. The Morgan fingerprint density at radius 2 is 2.14 bits per heavy atom. The van der Waals surface area contributed by atoms with Crippen molar-refractivity contribution in [3.8, 4) is 5.75 Å². The van der Waals surface area contributed by atoms with Gasteiger partial charge in [-0.1, -0.05) is 0 Å². The van der Waals surface area contributed by atoms with Crippen LogP contribution in [0.3, 0.4) is 0 Å². The van der Waals surface area contributed by atoms with Crippen LogP contribution in [0.4, 0.5) is 0 Å². The molecule has 0 saturated carbocycles. The Kier molecular flexibility index (Phi) is 4.10. The van der Waals surface area contributed by atoms with Gasteiger partial charge in [0.15, 0.2) is 0 Å². The zero-order valence-electron chi connectivity index (χ0n) is 15.7. The van der Waals surface area contributed by atoms with Crippen molar-refractivity contribution in [2.45, 2.75) is 38.3 Å². The van der Waals surface area contributed by atoms with Gasteiger partial charge in [0.05, 0.1) is 24.9 Å². The number of fused-ring (bicyclic) bond motifs is 1. The van der Waals surface area contributed by atoms with Gasteiger partial charge in [0, 0.05) is 43.9 Å². The number of aromatic nitrogens is 2. The summed E-state index contributed by atoms with van der Waals surface area (Å²) < 4.78 is 13.1. The standard InChI is InChI=1S/C21H23N3O4/c25-19(16-1-2-18-15(11-16)3-10-27-18)24-7-4-21(5-8-24)12-17(28-20(21)26)13-23-9-6-22-14-23/h1-2,6,9,11,14,17H,3-5,7-8,10,12-13H2. The number of carbonyl (C=O) groups is 2. The van der Waals surface area contributed by atoms with E-state index in [1.165, 1.54) is 0 Å². The van der Waals surface area contributed by atoms with Gasteiger partial charge in [-0.3, -0.25) is 9.59 Å². The largest absolute Gasteiger partial charge is 0.493 e. The van der Waals surface area contributed by atoms with Crippen LogP contribution in [-0.4, -0.2) is 52.1 Å². The topological polar surface area (TPSA) is 73.7 Å². The molecule has 1 atom stereocenters. The molecule has 2 fully saturated rings. The normalized spacial score (nSPS) is 22.8. The maximum absolute atomic E-state index is 12.9. The molecule has 2 saturated heterocycles. The quantitative estimate of drug-likeness (QED) is 0.761. The fourth-order valence-electron chi connectivity index (χ4n) is 4.62.